The van der Waals surface area contributed by atoms with Crippen molar-refractivity contribution < 1.29 is 24.5 Å². The molecule has 1 amide bonds. The van der Waals surface area contributed by atoms with Gasteiger partial charge in [-0.05, 0) is 83.5 Å². The van der Waals surface area contributed by atoms with E-state index in [1.165, 1.54) is 212 Å². The maximum absolute atomic E-state index is 12.5. The fourth-order valence-electron chi connectivity index (χ4n) is 8.68. The molecule has 382 valence electrons. The van der Waals surface area contributed by atoms with E-state index in [1.807, 2.05) is 6.08 Å². The van der Waals surface area contributed by atoms with Crippen LogP contribution < -0.4 is 5.32 Å². The van der Waals surface area contributed by atoms with Crippen LogP contribution >= 0.6 is 0 Å². The smallest absolute Gasteiger partial charge is 0.305 e. The Kier molecular flexibility index (Phi) is 53.1. The van der Waals surface area contributed by atoms with Crippen LogP contribution in [0.5, 0.6) is 0 Å². The number of ether oxygens (including phenoxy) is 1. The monoisotopic (exact) mass is 914 g/mol. The second-order valence-corrected chi connectivity index (χ2v) is 19.6. The minimum atomic E-state index is -0.856. The van der Waals surface area contributed by atoms with Gasteiger partial charge in [-0.25, -0.2) is 0 Å². The van der Waals surface area contributed by atoms with Crippen LogP contribution in [0.3, 0.4) is 0 Å². The van der Waals surface area contributed by atoms with E-state index >= 15 is 0 Å². The molecular weight excluding hydrogens is 803 g/mol. The maximum Gasteiger partial charge on any atom is 0.305 e. The number of hydrogen-bond donors (Lipinski definition) is 3. The molecule has 0 aromatic rings. The first-order valence-corrected chi connectivity index (χ1v) is 28.8. The van der Waals surface area contributed by atoms with Gasteiger partial charge < -0.3 is 20.3 Å². The predicted octanol–water partition coefficient (Wildman–Crippen LogP) is 17.6. The van der Waals surface area contributed by atoms with Crippen LogP contribution in [0.15, 0.2) is 36.5 Å². The zero-order chi connectivity index (χ0) is 47.2. The van der Waals surface area contributed by atoms with Gasteiger partial charge in [0, 0.05) is 12.8 Å². The maximum atomic E-state index is 12.5. The van der Waals surface area contributed by atoms with Gasteiger partial charge >= 0.3 is 5.97 Å². The number of rotatable bonds is 53. The lowest BCUT2D eigenvalue weighted by molar-refractivity contribution is -0.143. The fourth-order valence-corrected chi connectivity index (χ4v) is 8.68. The molecule has 0 bridgehead atoms. The summed E-state index contributed by atoms with van der Waals surface area (Å²) in [6.07, 6.45) is 67.3. The van der Waals surface area contributed by atoms with E-state index in [-0.39, 0.29) is 18.5 Å². The number of nitrogens with one attached hydrogen (secondary N) is 1. The highest BCUT2D eigenvalue weighted by Gasteiger charge is 2.18. The van der Waals surface area contributed by atoms with Gasteiger partial charge in [0.1, 0.15) is 0 Å². The quantitative estimate of drug-likeness (QED) is 0.0321. The number of hydrogen-bond acceptors (Lipinski definition) is 5. The normalized spacial score (nSPS) is 12.9. The Labute approximate surface area is 404 Å². The summed E-state index contributed by atoms with van der Waals surface area (Å²) in [6.45, 7) is 4.87. The van der Waals surface area contributed by atoms with Gasteiger partial charge in [-0.2, -0.15) is 0 Å². The molecule has 0 saturated heterocycles. The van der Waals surface area contributed by atoms with Gasteiger partial charge in [0.05, 0.1) is 25.4 Å². The van der Waals surface area contributed by atoms with Gasteiger partial charge in [0.2, 0.25) is 5.91 Å². The minimum Gasteiger partial charge on any atom is -0.466 e. The fraction of sp³-hybridized carbons (Fsp3) is 0.864. The van der Waals surface area contributed by atoms with E-state index < -0.39 is 12.1 Å². The predicted molar refractivity (Wildman–Crippen MR) is 283 cm³/mol. The molecule has 0 aliphatic rings. The van der Waals surface area contributed by atoms with Crippen molar-refractivity contribution in [2.24, 2.45) is 0 Å². The van der Waals surface area contributed by atoms with Crippen molar-refractivity contribution in [3.05, 3.63) is 36.5 Å². The average molecular weight is 915 g/mol. The molecule has 0 aromatic heterocycles. The van der Waals surface area contributed by atoms with Crippen molar-refractivity contribution in [2.75, 3.05) is 13.2 Å². The average Bonchev–Trinajstić information content (AvgIpc) is 3.31. The van der Waals surface area contributed by atoms with Gasteiger partial charge in [-0.3, -0.25) is 9.59 Å². The topological polar surface area (TPSA) is 95.9 Å². The Hall–Kier alpha value is -1.92. The molecule has 6 nitrogen and oxygen atoms in total. The third kappa shape index (κ3) is 51.3. The molecular formula is C59H111NO5. The summed E-state index contributed by atoms with van der Waals surface area (Å²) in [6, 6.07) is -0.641. The number of amides is 1. The van der Waals surface area contributed by atoms with Crippen LogP contribution in [0.25, 0.3) is 0 Å². The molecule has 0 aliphatic heterocycles. The summed E-state index contributed by atoms with van der Waals surface area (Å²) >= 11 is 0. The molecule has 0 heterocycles. The van der Waals surface area contributed by atoms with Crippen molar-refractivity contribution in [1.82, 2.24) is 5.32 Å². The summed E-state index contributed by atoms with van der Waals surface area (Å²) in [5.74, 6) is -0.0966. The van der Waals surface area contributed by atoms with Crippen LogP contribution in [0.1, 0.15) is 303 Å². The highest BCUT2D eigenvalue weighted by molar-refractivity contribution is 5.76. The van der Waals surface area contributed by atoms with E-state index in [0.29, 0.717) is 19.4 Å². The molecule has 0 spiro atoms. The molecule has 0 radical (unpaired) electrons. The molecule has 0 fully saturated rings. The molecule has 65 heavy (non-hydrogen) atoms. The largest absolute Gasteiger partial charge is 0.466 e. The Bertz CT molecular complexity index is 1060. The van der Waals surface area contributed by atoms with Crippen LogP contribution in [0.4, 0.5) is 0 Å². The first kappa shape index (κ1) is 63.1. The minimum absolute atomic E-state index is 0.0125. The molecule has 0 rings (SSSR count). The second kappa shape index (κ2) is 54.7. The number of esters is 1. The Morgan fingerprint density at radius 3 is 1.09 bits per heavy atom. The van der Waals surface area contributed by atoms with E-state index in [9.17, 15) is 19.8 Å². The highest BCUT2D eigenvalue weighted by Crippen LogP contribution is 2.16. The molecule has 2 unspecified atom stereocenters. The first-order chi connectivity index (χ1) is 32.0. The lowest BCUT2D eigenvalue weighted by Gasteiger charge is -2.20. The molecule has 6 heteroatoms. The third-order valence-electron chi connectivity index (χ3n) is 13.1. The van der Waals surface area contributed by atoms with Crippen LogP contribution in [-0.2, 0) is 14.3 Å². The summed E-state index contributed by atoms with van der Waals surface area (Å²) in [5, 5.41) is 23.1. The van der Waals surface area contributed by atoms with E-state index in [4.69, 9.17) is 4.74 Å². The lowest BCUT2D eigenvalue weighted by Crippen LogP contribution is -2.45. The summed E-state index contributed by atoms with van der Waals surface area (Å²) in [5.41, 5.74) is 0. The highest BCUT2D eigenvalue weighted by atomic mass is 16.5. The Morgan fingerprint density at radius 2 is 0.723 bits per heavy atom. The van der Waals surface area contributed by atoms with Gasteiger partial charge in [-0.15, -0.1) is 0 Å². The summed E-state index contributed by atoms with van der Waals surface area (Å²) in [4.78, 5) is 24.5. The second-order valence-electron chi connectivity index (χ2n) is 19.6. The summed E-state index contributed by atoms with van der Waals surface area (Å²) < 4.78 is 5.46. The Morgan fingerprint density at radius 1 is 0.415 bits per heavy atom. The van der Waals surface area contributed by atoms with E-state index in [2.05, 4.69) is 43.5 Å². The molecule has 0 aromatic carbocycles. The van der Waals surface area contributed by atoms with Crippen molar-refractivity contribution in [2.45, 2.75) is 315 Å². The lowest BCUT2D eigenvalue weighted by atomic mass is 10.0. The van der Waals surface area contributed by atoms with Gasteiger partial charge in [0.25, 0.3) is 0 Å². The molecule has 0 saturated carbocycles. The van der Waals surface area contributed by atoms with Crippen molar-refractivity contribution in [3.63, 3.8) is 0 Å². The van der Waals surface area contributed by atoms with Crippen molar-refractivity contribution in [1.29, 1.82) is 0 Å². The molecule has 0 aliphatic carbocycles. The standard InChI is InChI=1S/C59H111NO5/c1-3-5-7-9-11-13-15-17-19-20-21-24-27-31-35-39-43-47-51-57(62)56(55-61)60-58(63)52-48-44-40-36-32-28-25-22-23-26-30-34-38-42-46-50-54-65-59(64)53-49-45-41-37-33-29-18-16-14-12-10-8-6-4-2/h16,18,22,25,47,51,56-57,61-62H,3-15,17,19-21,23-24,26-46,48-50,52-55H2,1-2H3,(H,60,63)/b18-16-,25-22-,51-47+. The van der Waals surface area contributed by atoms with Gasteiger partial charge in [-0.1, -0.05) is 243 Å². The van der Waals surface area contributed by atoms with Gasteiger partial charge in [0.15, 0.2) is 0 Å². The Balaban J connectivity index is 3.51. The number of carbonyl (C=O) groups excluding carboxylic acids is 2. The van der Waals surface area contributed by atoms with E-state index in [1.54, 1.807) is 6.08 Å². The van der Waals surface area contributed by atoms with Crippen molar-refractivity contribution in [3.8, 4) is 0 Å². The molecule has 3 N–H and O–H groups in total. The zero-order valence-corrected chi connectivity index (χ0v) is 43.5. The number of unbranched alkanes of at least 4 members (excludes halogenated alkanes) is 38. The number of carbonyl (C=O) groups is 2. The first-order valence-electron chi connectivity index (χ1n) is 28.8. The van der Waals surface area contributed by atoms with Crippen LogP contribution in [0, 0.1) is 0 Å². The third-order valence-corrected chi connectivity index (χ3v) is 13.1. The molecule has 2 atom stereocenters. The van der Waals surface area contributed by atoms with Crippen LogP contribution in [0.2, 0.25) is 0 Å². The SMILES string of the molecule is CCCCCCC/C=C\CCCCCCCC(=O)OCCCCCCCCC/C=C\CCCCCCCC(=O)NC(CO)C(O)/C=C/CCCCCCCCCCCCCCCCCC. The number of aliphatic hydroxyl groups excluding tert-OH is 2. The van der Waals surface area contributed by atoms with Crippen LogP contribution in [-0.4, -0.2) is 47.4 Å². The number of aliphatic hydroxyl groups is 2. The van der Waals surface area contributed by atoms with E-state index in [0.717, 1.165) is 64.2 Å². The zero-order valence-electron chi connectivity index (χ0n) is 43.5. The van der Waals surface area contributed by atoms with Crippen molar-refractivity contribution >= 4 is 11.9 Å². The summed E-state index contributed by atoms with van der Waals surface area (Å²) in [7, 11) is 0. The number of allylic oxidation sites excluding steroid dienone is 5.